The maximum absolute atomic E-state index is 11.3. The van der Waals surface area contributed by atoms with Crippen LogP contribution in [0.4, 0.5) is 0 Å². The predicted octanol–water partition coefficient (Wildman–Crippen LogP) is 2.36. The van der Waals surface area contributed by atoms with Crippen LogP contribution in [0.1, 0.15) is 34.1 Å². The van der Waals surface area contributed by atoms with Crippen LogP contribution in [0.15, 0.2) is 0 Å². The number of halogens is 1. The molecule has 2 nitrogen and oxygen atoms in total. The lowest BCUT2D eigenvalue weighted by molar-refractivity contribution is -0.125. The van der Waals surface area contributed by atoms with Crippen molar-refractivity contribution >= 4 is 28.5 Å². The molecule has 0 unspecified atom stereocenters. The average molecular weight is 283 g/mol. The highest BCUT2D eigenvalue weighted by Gasteiger charge is 2.20. The van der Waals surface area contributed by atoms with Gasteiger partial charge in [0.2, 0.25) is 5.91 Å². The summed E-state index contributed by atoms with van der Waals surface area (Å²) in [6, 6.07) is 0. The van der Waals surface area contributed by atoms with E-state index in [4.69, 9.17) is 0 Å². The lowest BCUT2D eigenvalue weighted by Crippen LogP contribution is -2.45. The van der Waals surface area contributed by atoms with E-state index >= 15 is 0 Å². The molecule has 0 aliphatic rings. The number of alkyl halides is 1. The molecule has 72 valence electrons. The first-order valence-corrected chi connectivity index (χ1v) is 5.79. The summed E-state index contributed by atoms with van der Waals surface area (Å²) in [5, 5.41) is 3.01. The smallest absolute Gasteiger partial charge is 0.222 e. The van der Waals surface area contributed by atoms with Crippen molar-refractivity contribution in [3.05, 3.63) is 0 Å². The van der Waals surface area contributed by atoms with E-state index in [1.165, 1.54) is 0 Å². The Bertz CT molecular complexity index is 155. The highest BCUT2D eigenvalue weighted by molar-refractivity contribution is 14.1. The molecule has 0 aliphatic heterocycles. The van der Waals surface area contributed by atoms with E-state index in [1.807, 2.05) is 13.8 Å². The van der Waals surface area contributed by atoms with Gasteiger partial charge in [0.15, 0.2) is 0 Å². The molecule has 0 spiro atoms. The van der Waals surface area contributed by atoms with Gasteiger partial charge in [0.1, 0.15) is 0 Å². The number of carbonyl (C=O) groups is 1. The fourth-order valence-corrected chi connectivity index (χ4v) is 2.13. The highest BCUT2D eigenvalue weighted by Crippen LogP contribution is 2.11. The summed E-state index contributed by atoms with van der Waals surface area (Å²) >= 11 is 2.33. The quantitative estimate of drug-likeness (QED) is 0.623. The maximum atomic E-state index is 11.3. The summed E-state index contributed by atoms with van der Waals surface area (Å²) in [7, 11) is 0. The molecular weight excluding hydrogens is 265 g/mol. The molecule has 0 radical (unpaired) electrons. The molecule has 0 rings (SSSR count). The minimum Gasteiger partial charge on any atom is -0.351 e. The number of rotatable bonds is 4. The molecular formula is C9H18INO. The van der Waals surface area contributed by atoms with Gasteiger partial charge in [0, 0.05) is 15.9 Å². The second kappa shape index (κ2) is 5.04. The summed E-state index contributed by atoms with van der Waals surface area (Å²) < 4.78 is 1.07. The van der Waals surface area contributed by atoms with Crippen LogP contribution in [0.25, 0.3) is 0 Å². The fourth-order valence-electron chi connectivity index (χ4n) is 0.777. The van der Waals surface area contributed by atoms with Crippen molar-refractivity contribution < 1.29 is 4.79 Å². The molecule has 0 fully saturated rings. The van der Waals surface area contributed by atoms with Crippen molar-refractivity contribution in [2.24, 2.45) is 5.92 Å². The first kappa shape index (κ1) is 12.2. The van der Waals surface area contributed by atoms with E-state index in [-0.39, 0.29) is 17.4 Å². The molecule has 0 bridgehead atoms. The summed E-state index contributed by atoms with van der Waals surface area (Å²) in [6.45, 7) is 7.95. The third-order valence-electron chi connectivity index (χ3n) is 1.71. The molecule has 1 amide bonds. The number of carbonyl (C=O) groups excluding carboxylic acids is 1. The highest BCUT2D eigenvalue weighted by atomic mass is 127. The van der Waals surface area contributed by atoms with E-state index in [0.29, 0.717) is 0 Å². The summed E-state index contributed by atoms with van der Waals surface area (Å²) in [5.74, 6) is 0.225. The Morgan fingerprint density at radius 1 is 1.50 bits per heavy atom. The van der Waals surface area contributed by atoms with Crippen LogP contribution in [0, 0.1) is 5.92 Å². The summed E-state index contributed by atoms with van der Waals surface area (Å²) in [4.78, 5) is 11.3. The van der Waals surface area contributed by atoms with Gasteiger partial charge in [0.05, 0.1) is 0 Å². The lowest BCUT2D eigenvalue weighted by Gasteiger charge is -2.26. The summed E-state index contributed by atoms with van der Waals surface area (Å²) in [6.07, 6.45) is 1.02. The van der Waals surface area contributed by atoms with E-state index in [0.717, 1.165) is 10.8 Å². The zero-order valence-corrected chi connectivity index (χ0v) is 10.4. The van der Waals surface area contributed by atoms with Crippen LogP contribution >= 0.6 is 22.6 Å². The van der Waals surface area contributed by atoms with Crippen molar-refractivity contribution in [1.82, 2.24) is 5.32 Å². The monoisotopic (exact) mass is 283 g/mol. The molecule has 0 atom stereocenters. The molecule has 0 aromatic carbocycles. The number of amides is 1. The van der Waals surface area contributed by atoms with Gasteiger partial charge in [0.25, 0.3) is 0 Å². The SMILES string of the molecule is CC(C)C(=O)NC(C)(C)CCI. The first-order chi connectivity index (χ1) is 5.39. The Morgan fingerprint density at radius 2 is 2.00 bits per heavy atom. The molecule has 0 aliphatic carbocycles. The zero-order chi connectivity index (χ0) is 9.78. The Hall–Kier alpha value is 0.200. The number of hydrogen-bond acceptors (Lipinski definition) is 1. The van der Waals surface area contributed by atoms with Crippen LogP contribution < -0.4 is 5.32 Å². The van der Waals surface area contributed by atoms with Crippen LogP contribution in [0.2, 0.25) is 0 Å². The maximum Gasteiger partial charge on any atom is 0.222 e. The van der Waals surface area contributed by atoms with Crippen molar-refractivity contribution in [2.75, 3.05) is 4.43 Å². The van der Waals surface area contributed by atoms with Gasteiger partial charge < -0.3 is 5.32 Å². The topological polar surface area (TPSA) is 29.1 Å². The van der Waals surface area contributed by atoms with Crippen molar-refractivity contribution in [3.63, 3.8) is 0 Å². The standard InChI is InChI=1S/C9H18INO/c1-7(2)8(12)11-9(3,4)5-6-10/h7H,5-6H2,1-4H3,(H,11,12). The second-order valence-corrected chi connectivity index (χ2v) is 5.05. The van der Waals surface area contributed by atoms with Gasteiger partial charge in [-0.2, -0.15) is 0 Å². The van der Waals surface area contributed by atoms with E-state index in [1.54, 1.807) is 0 Å². The van der Waals surface area contributed by atoms with Gasteiger partial charge in [-0.25, -0.2) is 0 Å². The van der Waals surface area contributed by atoms with Gasteiger partial charge in [-0.3, -0.25) is 4.79 Å². The minimum atomic E-state index is -0.0530. The Labute approximate surface area is 88.6 Å². The molecule has 3 heteroatoms. The van der Waals surface area contributed by atoms with E-state index < -0.39 is 0 Å². The van der Waals surface area contributed by atoms with Crippen LogP contribution in [-0.2, 0) is 4.79 Å². The zero-order valence-electron chi connectivity index (χ0n) is 8.28. The molecule has 0 saturated heterocycles. The number of nitrogens with one attached hydrogen (secondary N) is 1. The molecule has 0 aromatic heterocycles. The molecule has 0 heterocycles. The van der Waals surface area contributed by atoms with Crippen LogP contribution in [0.3, 0.4) is 0 Å². The van der Waals surface area contributed by atoms with Crippen LogP contribution in [-0.4, -0.2) is 15.9 Å². The normalized spacial score (nSPS) is 11.8. The van der Waals surface area contributed by atoms with Gasteiger partial charge in [-0.05, 0) is 20.3 Å². The van der Waals surface area contributed by atoms with Gasteiger partial charge in [-0.15, -0.1) is 0 Å². The predicted molar refractivity (Wildman–Crippen MR) is 60.6 cm³/mol. The van der Waals surface area contributed by atoms with Gasteiger partial charge >= 0.3 is 0 Å². The largest absolute Gasteiger partial charge is 0.351 e. The molecule has 12 heavy (non-hydrogen) atoms. The van der Waals surface area contributed by atoms with Crippen molar-refractivity contribution in [1.29, 1.82) is 0 Å². The van der Waals surface area contributed by atoms with Crippen molar-refractivity contribution in [2.45, 2.75) is 39.7 Å². The van der Waals surface area contributed by atoms with E-state index in [9.17, 15) is 4.79 Å². The number of hydrogen-bond donors (Lipinski definition) is 1. The summed E-state index contributed by atoms with van der Waals surface area (Å²) in [5.41, 5.74) is -0.0530. The Kier molecular flexibility index (Phi) is 5.13. The Morgan fingerprint density at radius 3 is 2.33 bits per heavy atom. The third kappa shape index (κ3) is 4.95. The lowest BCUT2D eigenvalue weighted by atomic mass is 10.0. The second-order valence-electron chi connectivity index (χ2n) is 3.97. The molecule has 1 N–H and O–H groups in total. The van der Waals surface area contributed by atoms with Crippen LogP contribution in [0.5, 0.6) is 0 Å². The first-order valence-electron chi connectivity index (χ1n) is 4.27. The van der Waals surface area contributed by atoms with Crippen molar-refractivity contribution in [3.8, 4) is 0 Å². The molecule has 0 aromatic rings. The van der Waals surface area contributed by atoms with Gasteiger partial charge in [-0.1, -0.05) is 36.4 Å². The van der Waals surface area contributed by atoms with E-state index in [2.05, 4.69) is 41.8 Å². The molecule has 0 saturated carbocycles. The third-order valence-corrected chi connectivity index (χ3v) is 2.24. The average Bonchev–Trinajstić information content (AvgIpc) is 1.85. The fraction of sp³-hybridized carbons (Fsp3) is 0.889. The minimum absolute atomic E-state index is 0.0530. The Balaban J connectivity index is 3.96.